The molecular weight excluding hydrogens is 362 g/mol. The summed E-state index contributed by atoms with van der Waals surface area (Å²) in [6.07, 6.45) is 4.31. The highest BCUT2D eigenvalue weighted by Crippen LogP contribution is 2.35. The highest BCUT2D eigenvalue weighted by atomic mass is 32.3. The molecule has 1 aliphatic heterocycles. The van der Waals surface area contributed by atoms with E-state index in [2.05, 4.69) is 34.9 Å². The van der Waals surface area contributed by atoms with E-state index < -0.39 is 10.4 Å². The highest BCUT2D eigenvalue weighted by Gasteiger charge is 2.36. The summed E-state index contributed by atoms with van der Waals surface area (Å²) in [6.45, 7) is 7.36. The van der Waals surface area contributed by atoms with Gasteiger partial charge in [0, 0.05) is 12.6 Å². The van der Waals surface area contributed by atoms with Crippen molar-refractivity contribution in [3.63, 3.8) is 0 Å². The molecule has 0 aromatic carbocycles. The quantitative estimate of drug-likeness (QED) is 0.465. The third-order valence-corrected chi connectivity index (χ3v) is 5.30. The van der Waals surface area contributed by atoms with E-state index in [0.717, 1.165) is 25.8 Å². The average molecular weight is 391 g/mol. The number of nitrogens with two attached hydrogens (primary N) is 2. The molecule has 0 saturated carbocycles. The average Bonchev–Trinajstić information content (AvgIpc) is 2.55. The molecule has 0 bridgehead atoms. The molecule has 2 heterocycles. The van der Waals surface area contributed by atoms with E-state index in [4.69, 9.17) is 16.0 Å². The topological polar surface area (TPSA) is 166 Å². The monoisotopic (exact) mass is 391 g/mol. The van der Waals surface area contributed by atoms with Crippen LogP contribution in [0.3, 0.4) is 0 Å². The number of hydrogen-bond donors (Lipinski definition) is 3. The summed E-state index contributed by atoms with van der Waals surface area (Å²) in [7, 11) is -4.75. The van der Waals surface area contributed by atoms with Gasteiger partial charge in [-0.3, -0.25) is 4.55 Å². The second kappa shape index (κ2) is 8.69. The van der Waals surface area contributed by atoms with Crippen LogP contribution in [-0.2, 0) is 10.4 Å². The standard InChI is InChI=1S/C15H27N5O4S.H2O/c1-4-10-7-11(5-2)12(6-3)19(9-10)14-8-13(16)20(15(17)18-14)24-25(21,22)23;/h8,10-12H,4-7,9H2,1-3H3,(H4,16,17,18,21,22,23);1H2. The molecule has 1 aromatic rings. The maximum absolute atomic E-state index is 10.9. The van der Waals surface area contributed by atoms with Crippen molar-refractivity contribution in [2.45, 2.75) is 52.5 Å². The number of nitrogen functional groups attached to an aromatic ring is 2. The molecule has 2 rings (SSSR count). The van der Waals surface area contributed by atoms with Crippen molar-refractivity contribution in [1.82, 2.24) is 4.98 Å². The molecule has 3 atom stereocenters. The molecular formula is C15H29N5O5S. The maximum atomic E-state index is 10.9. The minimum absolute atomic E-state index is 0. The molecule has 0 amide bonds. The fourth-order valence-electron chi connectivity index (χ4n) is 3.72. The Bertz CT molecular complexity index is 691. The number of anilines is 3. The molecule has 1 aliphatic rings. The summed E-state index contributed by atoms with van der Waals surface area (Å²) in [5.41, 5.74) is 11.7. The molecule has 26 heavy (non-hydrogen) atoms. The summed E-state index contributed by atoms with van der Waals surface area (Å²) in [4.78, 5) is 6.47. The Morgan fingerprint density at radius 1 is 1.31 bits per heavy atom. The van der Waals surface area contributed by atoms with E-state index in [1.54, 1.807) is 0 Å². The van der Waals surface area contributed by atoms with E-state index in [-0.39, 0.29) is 17.2 Å². The van der Waals surface area contributed by atoms with Crippen molar-refractivity contribution in [3.8, 4) is 0 Å². The van der Waals surface area contributed by atoms with Gasteiger partial charge < -0.3 is 21.8 Å². The number of rotatable bonds is 6. The molecule has 1 aromatic heterocycles. The van der Waals surface area contributed by atoms with Gasteiger partial charge in [0.05, 0.1) is 6.07 Å². The zero-order valence-corrected chi connectivity index (χ0v) is 16.2. The van der Waals surface area contributed by atoms with Crippen LogP contribution in [-0.4, -0.2) is 36.0 Å². The van der Waals surface area contributed by atoms with Crippen LogP contribution in [0.5, 0.6) is 0 Å². The number of aromatic nitrogens is 2. The number of piperidine rings is 1. The van der Waals surface area contributed by atoms with E-state index in [1.165, 1.54) is 12.5 Å². The van der Waals surface area contributed by atoms with E-state index in [0.29, 0.717) is 28.4 Å². The van der Waals surface area contributed by atoms with Crippen molar-refractivity contribution >= 4 is 28.0 Å². The van der Waals surface area contributed by atoms with Gasteiger partial charge in [0.25, 0.3) is 0 Å². The van der Waals surface area contributed by atoms with Gasteiger partial charge in [-0.1, -0.05) is 38.6 Å². The summed E-state index contributed by atoms with van der Waals surface area (Å²) in [5.74, 6) is 1.40. The van der Waals surface area contributed by atoms with Crippen LogP contribution < -0.4 is 25.4 Å². The van der Waals surface area contributed by atoms with Gasteiger partial charge in [-0.2, -0.15) is 8.42 Å². The van der Waals surface area contributed by atoms with Gasteiger partial charge in [-0.15, -0.1) is 0 Å². The molecule has 11 heteroatoms. The van der Waals surface area contributed by atoms with Gasteiger partial charge in [0.1, 0.15) is 0 Å². The Balaban J connectivity index is 0.00000338. The van der Waals surface area contributed by atoms with Gasteiger partial charge >= 0.3 is 16.3 Å². The summed E-state index contributed by atoms with van der Waals surface area (Å²) < 4.78 is 35.6. The number of hydrogen-bond acceptors (Lipinski definition) is 8. The lowest BCUT2D eigenvalue weighted by Gasteiger charge is -2.44. The third kappa shape index (κ3) is 4.86. The lowest BCUT2D eigenvalue weighted by Crippen LogP contribution is -2.52. The fourth-order valence-corrected chi connectivity index (χ4v) is 4.07. The molecule has 6 N–H and O–H groups in total. The van der Waals surface area contributed by atoms with Crippen LogP contribution >= 0.6 is 0 Å². The van der Waals surface area contributed by atoms with Crippen LogP contribution in [0.1, 0.15) is 46.5 Å². The van der Waals surface area contributed by atoms with Crippen molar-refractivity contribution in [2.24, 2.45) is 11.8 Å². The Labute approximate surface area is 154 Å². The van der Waals surface area contributed by atoms with Crippen molar-refractivity contribution in [2.75, 3.05) is 22.9 Å². The smallest absolute Gasteiger partial charge is 0.474 e. The largest absolute Gasteiger partial charge is 0.870 e. The van der Waals surface area contributed by atoms with Gasteiger partial charge in [0.15, 0.2) is 5.82 Å². The summed E-state index contributed by atoms with van der Waals surface area (Å²) >= 11 is 0. The van der Waals surface area contributed by atoms with Gasteiger partial charge in [-0.25, -0.2) is 4.28 Å². The first-order chi connectivity index (χ1) is 11.7. The lowest BCUT2D eigenvalue weighted by atomic mass is 9.79. The normalized spacial score (nSPS) is 23.4. The first-order valence-corrected chi connectivity index (χ1v) is 9.98. The zero-order chi connectivity index (χ0) is 18.8. The Morgan fingerprint density at radius 2 is 1.96 bits per heavy atom. The van der Waals surface area contributed by atoms with Crippen LogP contribution in [0.2, 0.25) is 0 Å². The molecule has 1 fully saturated rings. The highest BCUT2D eigenvalue weighted by molar-refractivity contribution is 7.80. The van der Waals surface area contributed by atoms with Crippen LogP contribution in [0.25, 0.3) is 0 Å². The summed E-state index contributed by atoms with van der Waals surface area (Å²) in [5, 5.41) is 0. The molecule has 10 nitrogen and oxygen atoms in total. The van der Waals surface area contributed by atoms with Gasteiger partial charge in [0.2, 0.25) is 5.82 Å². The Morgan fingerprint density at radius 3 is 2.42 bits per heavy atom. The minimum atomic E-state index is -4.75. The molecule has 3 unspecified atom stereocenters. The predicted octanol–water partition coefficient (Wildman–Crippen LogP) is 0.629. The maximum Gasteiger partial charge on any atom is 0.474 e. The first kappa shape index (κ1) is 22.2. The Kier molecular flexibility index (Phi) is 7.42. The Hall–Kier alpha value is -1.85. The van der Waals surface area contributed by atoms with Crippen molar-refractivity contribution < 1.29 is 27.5 Å². The summed E-state index contributed by atoms with van der Waals surface area (Å²) in [6, 6.07) is 1.84. The SMILES string of the molecule is CCC1CC(CC)C(CC)N(c2cc(N)[n+](OS(=O)(=O)O)c(N)n2)C1.[OH-]. The van der Waals surface area contributed by atoms with Gasteiger partial charge in [-0.05, 0) is 29.4 Å². The fraction of sp³-hybridized carbons (Fsp3) is 0.733. The zero-order valence-electron chi connectivity index (χ0n) is 15.4. The second-order valence-electron chi connectivity index (χ2n) is 6.50. The second-order valence-corrected chi connectivity index (χ2v) is 7.50. The van der Waals surface area contributed by atoms with E-state index in [9.17, 15) is 8.42 Å². The molecule has 0 radical (unpaired) electrons. The number of nitrogens with zero attached hydrogens (tertiary/aromatic N) is 3. The van der Waals surface area contributed by atoms with E-state index >= 15 is 0 Å². The van der Waals surface area contributed by atoms with Crippen LogP contribution in [0.15, 0.2) is 6.07 Å². The van der Waals surface area contributed by atoms with Crippen molar-refractivity contribution in [1.29, 1.82) is 0 Å². The molecule has 150 valence electrons. The predicted molar refractivity (Wildman–Crippen MR) is 96.9 cm³/mol. The van der Waals surface area contributed by atoms with Crippen LogP contribution in [0, 0.1) is 11.8 Å². The van der Waals surface area contributed by atoms with Crippen molar-refractivity contribution in [3.05, 3.63) is 6.07 Å². The third-order valence-electron chi connectivity index (χ3n) is 4.97. The lowest BCUT2D eigenvalue weighted by molar-refractivity contribution is -0.835. The first-order valence-electron chi connectivity index (χ1n) is 8.62. The minimum Gasteiger partial charge on any atom is -0.870 e. The molecule has 0 aliphatic carbocycles. The molecule has 1 saturated heterocycles. The van der Waals surface area contributed by atoms with E-state index in [1.807, 2.05) is 0 Å². The van der Waals surface area contributed by atoms with Crippen LogP contribution in [0.4, 0.5) is 17.6 Å². The molecule has 0 spiro atoms.